The van der Waals surface area contributed by atoms with Crippen molar-refractivity contribution in [2.24, 2.45) is 5.73 Å². The molecule has 0 bridgehead atoms. The molecule has 0 spiro atoms. The highest BCUT2D eigenvalue weighted by Gasteiger charge is 1.88. The van der Waals surface area contributed by atoms with Gasteiger partial charge in [0.25, 0.3) is 0 Å². The molecule has 0 heterocycles. The molecule has 0 aliphatic rings. The molecule has 0 saturated carbocycles. The van der Waals surface area contributed by atoms with E-state index in [-0.39, 0.29) is 0 Å². The van der Waals surface area contributed by atoms with Crippen LogP contribution in [0, 0.1) is 0 Å². The van der Waals surface area contributed by atoms with E-state index in [1.807, 2.05) is 30.3 Å². The van der Waals surface area contributed by atoms with Crippen molar-refractivity contribution in [3.8, 4) is 0 Å². The minimum absolute atomic E-state index is 0.411. The number of nitrogens with two attached hydrogens (primary N) is 1. The number of carbonyl (C=O) groups is 1. The van der Waals surface area contributed by atoms with Crippen LogP contribution in [0.3, 0.4) is 0 Å². The van der Waals surface area contributed by atoms with Gasteiger partial charge in [-0.1, -0.05) is 36.4 Å². The van der Waals surface area contributed by atoms with E-state index in [4.69, 9.17) is 5.73 Å². The van der Waals surface area contributed by atoms with E-state index >= 15 is 0 Å². The lowest BCUT2D eigenvalue weighted by Gasteiger charge is -2.00. The molecule has 1 amide bonds. The van der Waals surface area contributed by atoms with Gasteiger partial charge in [0.05, 0.1) is 0 Å². The minimum Gasteiger partial charge on any atom is -0.366 e. The van der Waals surface area contributed by atoms with Gasteiger partial charge in [0.15, 0.2) is 0 Å². The van der Waals surface area contributed by atoms with Crippen molar-refractivity contribution in [1.82, 2.24) is 5.32 Å². The molecule has 0 unspecified atom stereocenters. The molecule has 3 heteroatoms. The van der Waals surface area contributed by atoms with Crippen molar-refractivity contribution in [3.05, 3.63) is 48.0 Å². The third kappa shape index (κ3) is 4.42. The van der Waals surface area contributed by atoms with Crippen molar-refractivity contribution in [2.45, 2.75) is 6.54 Å². The molecular formula is C11H14N2O. The summed E-state index contributed by atoms with van der Waals surface area (Å²) >= 11 is 0. The van der Waals surface area contributed by atoms with Gasteiger partial charge < -0.3 is 11.1 Å². The van der Waals surface area contributed by atoms with E-state index < -0.39 is 5.91 Å². The van der Waals surface area contributed by atoms with E-state index in [2.05, 4.69) is 5.32 Å². The van der Waals surface area contributed by atoms with Crippen LogP contribution in [0.2, 0.25) is 0 Å². The van der Waals surface area contributed by atoms with Gasteiger partial charge in [0.2, 0.25) is 5.91 Å². The predicted molar refractivity (Wildman–Crippen MR) is 56.5 cm³/mol. The molecule has 0 atom stereocenters. The molecule has 0 radical (unpaired) electrons. The van der Waals surface area contributed by atoms with Crippen LogP contribution in [-0.2, 0) is 11.3 Å². The van der Waals surface area contributed by atoms with E-state index in [9.17, 15) is 4.79 Å². The Morgan fingerprint density at radius 1 is 1.36 bits per heavy atom. The van der Waals surface area contributed by atoms with E-state index in [1.54, 1.807) is 6.08 Å². The molecule has 1 rings (SSSR count). The molecule has 1 aromatic rings. The highest BCUT2D eigenvalue weighted by atomic mass is 16.1. The Morgan fingerprint density at radius 3 is 2.71 bits per heavy atom. The first kappa shape index (κ1) is 10.5. The van der Waals surface area contributed by atoms with Crippen LogP contribution in [0.15, 0.2) is 42.5 Å². The van der Waals surface area contributed by atoms with Gasteiger partial charge in [-0.05, 0) is 11.6 Å². The van der Waals surface area contributed by atoms with Gasteiger partial charge in [-0.3, -0.25) is 4.79 Å². The lowest BCUT2D eigenvalue weighted by molar-refractivity contribution is -0.113. The second-order valence-corrected chi connectivity index (χ2v) is 2.92. The largest absolute Gasteiger partial charge is 0.366 e. The van der Waals surface area contributed by atoms with Crippen LogP contribution in [0.25, 0.3) is 0 Å². The maximum absolute atomic E-state index is 10.3. The zero-order valence-corrected chi connectivity index (χ0v) is 7.94. The van der Waals surface area contributed by atoms with Crippen molar-refractivity contribution < 1.29 is 4.79 Å². The average molecular weight is 190 g/mol. The monoisotopic (exact) mass is 190 g/mol. The summed E-state index contributed by atoms with van der Waals surface area (Å²) in [4.78, 5) is 10.3. The summed E-state index contributed by atoms with van der Waals surface area (Å²) in [6.07, 6.45) is 3.07. The highest BCUT2D eigenvalue weighted by molar-refractivity contribution is 5.85. The third-order valence-electron chi connectivity index (χ3n) is 1.72. The Labute approximate surface area is 83.6 Å². The van der Waals surface area contributed by atoms with Crippen LogP contribution in [-0.4, -0.2) is 12.5 Å². The number of hydrogen-bond acceptors (Lipinski definition) is 2. The first-order valence-corrected chi connectivity index (χ1v) is 4.49. The maximum atomic E-state index is 10.3. The quantitative estimate of drug-likeness (QED) is 0.533. The topological polar surface area (TPSA) is 55.1 Å². The normalized spacial score (nSPS) is 10.6. The minimum atomic E-state index is -0.411. The van der Waals surface area contributed by atoms with Crippen LogP contribution in [0.4, 0.5) is 0 Å². The lowest BCUT2D eigenvalue weighted by Crippen LogP contribution is -2.14. The van der Waals surface area contributed by atoms with Gasteiger partial charge in [-0.25, -0.2) is 0 Å². The fraction of sp³-hybridized carbons (Fsp3) is 0.182. The van der Waals surface area contributed by atoms with Crippen LogP contribution < -0.4 is 11.1 Å². The first-order chi connectivity index (χ1) is 6.79. The van der Waals surface area contributed by atoms with Gasteiger partial charge in [0, 0.05) is 13.1 Å². The standard InChI is InChI=1S/C11H14N2O/c12-11(14)7-4-8-13-9-10-5-2-1-3-6-10/h1-7,13H,8-9H2,(H2,12,14)/b7-4+. The zero-order valence-electron chi connectivity index (χ0n) is 7.94. The van der Waals surface area contributed by atoms with Gasteiger partial charge in [0.1, 0.15) is 0 Å². The molecule has 74 valence electrons. The number of hydrogen-bond donors (Lipinski definition) is 2. The van der Waals surface area contributed by atoms with Crippen LogP contribution >= 0.6 is 0 Å². The van der Waals surface area contributed by atoms with Crippen molar-refractivity contribution in [1.29, 1.82) is 0 Å². The molecule has 1 aromatic carbocycles. The summed E-state index contributed by atoms with van der Waals surface area (Å²) in [6, 6.07) is 10.1. The molecule has 3 nitrogen and oxygen atoms in total. The second kappa shape index (κ2) is 5.94. The Hall–Kier alpha value is -1.61. The van der Waals surface area contributed by atoms with Gasteiger partial charge >= 0.3 is 0 Å². The molecular weight excluding hydrogens is 176 g/mol. The Morgan fingerprint density at radius 2 is 2.07 bits per heavy atom. The summed E-state index contributed by atoms with van der Waals surface area (Å²) in [5.74, 6) is -0.411. The summed E-state index contributed by atoms with van der Waals surface area (Å²) in [5.41, 5.74) is 6.15. The number of amides is 1. The average Bonchev–Trinajstić information content (AvgIpc) is 2.18. The van der Waals surface area contributed by atoms with Gasteiger partial charge in [-0.15, -0.1) is 0 Å². The first-order valence-electron chi connectivity index (χ1n) is 4.49. The molecule has 0 aromatic heterocycles. The molecule has 14 heavy (non-hydrogen) atoms. The number of rotatable bonds is 5. The number of primary amides is 1. The van der Waals surface area contributed by atoms with Crippen molar-refractivity contribution in [3.63, 3.8) is 0 Å². The SMILES string of the molecule is NC(=O)/C=C/CNCc1ccccc1. The lowest BCUT2D eigenvalue weighted by atomic mass is 10.2. The molecule has 0 aliphatic heterocycles. The Balaban J connectivity index is 2.19. The number of nitrogens with one attached hydrogen (secondary N) is 1. The smallest absolute Gasteiger partial charge is 0.241 e. The van der Waals surface area contributed by atoms with E-state index in [0.717, 1.165) is 6.54 Å². The van der Waals surface area contributed by atoms with Crippen LogP contribution in [0.1, 0.15) is 5.56 Å². The molecule has 3 N–H and O–H groups in total. The predicted octanol–water partition coefficient (Wildman–Crippen LogP) is 0.818. The highest BCUT2D eigenvalue weighted by Crippen LogP contribution is 1.96. The zero-order chi connectivity index (χ0) is 10.2. The van der Waals surface area contributed by atoms with Crippen molar-refractivity contribution in [2.75, 3.05) is 6.54 Å². The third-order valence-corrected chi connectivity index (χ3v) is 1.72. The van der Waals surface area contributed by atoms with E-state index in [0.29, 0.717) is 6.54 Å². The summed E-state index contributed by atoms with van der Waals surface area (Å²) in [6.45, 7) is 1.45. The molecule has 0 saturated heterocycles. The van der Waals surface area contributed by atoms with Crippen molar-refractivity contribution >= 4 is 5.91 Å². The fourth-order valence-electron chi connectivity index (χ4n) is 1.07. The number of benzene rings is 1. The molecule has 0 fully saturated rings. The second-order valence-electron chi connectivity index (χ2n) is 2.92. The van der Waals surface area contributed by atoms with Crippen LogP contribution in [0.5, 0.6) is 0 Å². The van der Waals surface area contributed by atoms with Gasteiger partial charge in [-0.2, -0.15) is 0 Å². The van der Waals surface area contributed by atoms with E-state index in [1.165, 1.54) is 11.6 Å². The Bertz CT molecular complexity index is 306. The fourth-order valence-corrected chi connectivity index (χ4v) is 1.07. The summed E-state index contributed by atoms with van der Waals surface area (Å²) in [7, 11) is 0. The number of carbonyl (C=O) groups excluding carboxylic acids is 1. The maximum Gasteiger partial charge on any atom is 0.241 e. The Kier molecular flexibility index (Phi) is 4.44. The summed E-state index contributed by atoms with van der Waals surface area (Å²) < 4.78 is 0. The molecule has 0 aliphatic carbocycles. The summed E-state index contributed by atoms with van der Waals surface area (Å²) in [5, 5.41) is 3.16.